The third-order valence-electron chi connectivity index (χ3n) is 5.21. The second kappa shape index (κ2) is 9.32. The van der Waals surface area contributed by atoms with Crippen molar-refractivity contribution in [2.75, 3.05) is 12.4 Å². The molecule has 5 rings (SSSR count). The van der Waals surface area contributed by atoms with Crippen molar-refractivity contribution in [1.29, 1.82) is 0 Å². The van der Waals surface area contributed by atoms with Gasteiger partial charge in [-0.05, 0) is 55.0 Å². The van der Waals surface area contributed by atoms with E-state index in [0.717, 1.165) is 22.0 Å². The molecule has 0 atom stereocenters. The summed E-state index contributed by atoms with van der Waals surface area (Å²) in [6.45, 7) is 2.31. The number of anilines is 1. The number of nitrogens with zero attached hydrogens (tertiary/aromatic N) is 4. The molecule has 34 heavy (non-hydrogen) atoms. The average Bonchev–Trinajstić information content (AvgIpc) is 3.45. The quantitative estimate of drug-likeness (QED) is 0.359. The molecule has 170 valence electrons. The number of amides is 1. The van der Waals surface area contributed by atoms with Crippen LogP contribution in [-0.4, -0.2) is 32.8 Å². The molecule has 1 N–H and O–H groups in total. The number of methoxy groups -OCH3 is 1. The van der Waals surface area contributed by atoms with Gasteiger partial charge in [0.05, 0.1) is 12.8 Å². The lowest BCUT2D eigenvalue weighted by Gasteiger charge is -2.12. The molecule has 0 saturated heterocycles. The predicted octanol–water partition coefficient (Wildman–Crippen LogP) is 5.00. The van der Waals surface area contributed by atoms with Crippen molar-refractivity contribution in [1.82, 2.24) is 19.8 Å². The zero-order chi connectivity index (χ0) is 23.5. The minimum absolute atomic E-state index is 0.251. The van der Waals surface area contributed by atoms with Crippen molar-refractivity contribution in [3.05, 3.63) is 89.7 Å². The fourth-order valence-corrected chi connectivity index (χ4v) is 4.29. The number of ether oxygens (including phenoxy) is 2. The molecule has 5 aromatic rings. The van der Waals surface area contributed by atoms with E-state index in [9.17, 15) is 4.79 Å². The Morgan fingerprint density at radius 3 is 2.56 bits per heavy atom. The van der Waals surface area contributed by atoms with E-state index in [-0.39, 0.29) is 5.91 Å². The van der Waals surface area contributed by atoms with Gasteiger partial charge in [-0.3, -0.25) is 4.79 Å². The third-order valence-corrected chi connectivity index (χ3v) is 6.15. The second-order valence-electron chi connectivity index (χ2n) is 7.52. The van der Waals surface area contributed by atoms with E-state index >= 15 is 0 Å². The average molecular weight is 472 g/mol. The van der Waals surface area contributed by atoms with E-state index in [0.29, 0.717) is 34.3 Å². The van der Waals surface area contributed by atoms with Gasteiger partial charge in [-0.25, -0.2) is 0 Å². The summed E-state index contributed by atoms with van der Waals surface area (Å²) < 4.78 is 13.0. The van der Waals surface area contributed by atoms with Crippen LogP contribution in [0.4, 0.5) is 5.69 Å². The maximum absolute atomic E-state index is 12.9. The summed E-state index contributed by atoms with van der Waals surface area (Å²) >= 11 is 1.42. The molecule has 1 amide bonds. The van der Waals surface area contributed by atoms with E-state index in [1.165, 1.54) is 11.3 Å². The maximum Gasteiger partial charge on any atom is 0.255 e. The summed E-state index contributed by atoms with van der Waals surface area (Å²) in [6, 6.07) is 22.5. The van der Waals surface area contributed by atoms with Crippen LogP contribution in [0, 0.1) is 6.92 Å². The molecular weight excluding hydrogens is 450 g/mol. The molecule has 0 aliphatic heterocycles. The van der Waals surface area contributed by atoms with Crippen molar-refractivity contribution in [2.24, 2.45) is 0 Å². The number of hydrogen-bond donors (Lipinski definition) is 1. The first-order valence-corrected chi connectivity index (χ1v) is 11.4. The van der Waals surface area contributed by atoms with Crippen molar-refractivity contribution >= 4 is 27.9 Å². The van der Waals surface area contributed by atoms with Gasteiger partial charge in [0, 0.05) is 11.1 Å². The number of carbonyl (C=O) groups is 1. The van der Waals surface area contributed by atoms with Gasteiger partial charge >= 0.3 is 0 Å². The topological polar surface area (TPSA) is 90.6 Å². The highest BCUT2D eigenvalue weighted by Crippen LogP contribution is 2.33. The van der Waals surface area contributed by atoms with Crippen LogP contribution in [0.3, 0.4) is 0 Å². The summed E-state index contributed by atoms with van der Waals surface area (Å²) in [7, 11) is 1.57. The number of nitrogens with one attached hydrogen (secondary N) is 1. The zero-order valence-corrected chi connectivity index (χ0v) is 19.4. The lowest BCUT2D eigenvalue weighted by molar-refractivity contribution is 0.102. The first-order chi connectivity index (χ1) is 16.6. The van der Waals surface area contributed by atoms with Crippen LogP contribution in [0.2, 0.25) is 0 Å². The number of carbonyl (C=O) groups excluding carboxylic acids is 1. The Hall–Kier alpha value is -4.24. The van der Waals surface area contributed by atoms with Crippen LogP contribution in [-0.2, 0) is 6.61 Å². The van der Waals surface area contributed by atoms with Gasteiger partial charge in [-0.1, -0.05) is 41.7 Å². The predicted molar refractivity (Wildman–Crippen MR) is 131 cm³/mol. The summed E-state index contributed by atoms with van der Waals surface area (Å²) in [5.74, 6) is 1.72. The molecule has 0 aliphatic carbocycles. The number of rotatable bonds is 7. The van der Waals surface area contributed by atoms with Gasteiger partial charge in [0.2, 0.25) is 4.96 Å². The molecule has 2 heterocycles. The highest BCUT2D eigenvalue weighted by molar-refractivity contribution is 7.19. The first-order valence-electron chi connectivity index (χ1n) is 10.6. The van der Waals surface area contributed by atoms with Crippen LogP contribution < -0.4 is 14.8 Å². The Labute approximate surface area is 199 Å². The van der Waals surface area contributed by atoms with Crippen LogP contribution in [0.1, 0.15) is 21.7 Å². The normalized spacial score (nSPS) is 10.9. The summed E-state index contributed by atoms with van der Waals surface area (Å²) in [4.78, 5) is 13.6. The monoisotopic (exact) mass is 471 g/mol. The summed E-state index contributed by atoms with van der Waals surface area (Å²) in [6.07, 6.45) is 0. The minimum Gasteiger partial charge on any atom is -0.495 e. The van der Waals surface area contributed by atoms with Gasteiger partial charge in [0.15, 0.2) is 5.82 Å². The third kappa shape index (κ3) is 4.46. The molecule has 3 aromatic carbocycles. The van der Waals surface area contributed by atoms with Crippen LogP contribution in [0.5, 0.6) is 11.5 Å². The Kier molecular flexibility index (Phi) is 5.92. The van der Waals surface area contributed by atoms with Crippen LogP contribution in [0.15, 0.2) is 72.8 Å². The SMILES string of the molecule is COc1ccc(-c2nn3c(C)nnc3s2)cc1NC(=O)c1ccc(OCc2ccccc2)cc1. The Morgan fingerprint density at radius 1 is 1.03 bits per heavy atom. The Morgan fingerprint density at radius 2 is 1.82 bits per heavy atom. The number of aromatic nitrogens is 4. The Bertz CT molecular complexity index is 1440. The number of hydrogen-bond acceptors (Lipinski definition) is 7. The van der Waals surface area contributed by atoms with Gasteiger partial charge < -0.3 is 14.8 Å². The highest BCUT2D eigenvalue weighted by Gasteiger charge is 2.15. The van der Waals surface area contributed by atoms with Gasteiger partial charge in [-0.2, -0.15) is 9.61 Å². The molecular formula is C25H21N5O3S. The van der Waals surface area contributed by atoms with Crippen molar-refractivity contribution in [3.8, 4) is 22.1 Å². The van der Waals surface area contributed by atoms with E-state index in [2.05, 4.69) is 20.6 Å². The molecule has 2 aromatic heterocycles. The summed E-state index contributed by atoms with van der Waals surface area (Å²) in [5.41, 5.74) is 2.98. The van der Waals surface area contributed by atoms with Crippen molar-refractivity contribution < 1.29 is 14.3 Å². The van der Waals surface area contributed by atoms with E-state index in [1.807, 2.05) is 49.4 Å². The van der Waals surface area contributed by atoms with E-state index < -0.39 is 0 Å². The standard InChI is InChI=1S/C25H21N5O3S/c1-16-27-28-25-30(16)29-24(34-25)19-10-13-22(32-2)21(14-19)26-23(31)18-8-11-20(12-9-18)33-15-17-6-4-3-5-7-17/h3-14H,15H2,1-2H3,(H,26,31). The highest BCUT2D eigenvalue weighted by atomic mass is 32.1. The molecule has 9 heteroatoms. The second-order valence-corrected chi connectivity index (χ2v) is 8.47. The molecule has 8 nitrogen and oxygen atoms in total. The molecule has 0 aliphatic rings. The maximum atomic E-state index is 12.9. The molecule has 0 fully saturated rings. The van der Waals surface area contributed by atoms with E-state index in [1.54, 1.807) is 42.0 Å². The lowest BCUT2D eigenvalue weighted by atomic mass is 10.1. The molecule has 0 spiro atoms. The molecule has 0 saturated carbocycles. The number of fused-ring (bicyclic) bond motifs is 1. The molecule has 0 unspecified atom stereocenters. The fourth-order valence-electron chi connectivity index (χ4n) is 3.41. The fraction of sp³-hybridized carbons (Fsp3) is 0.120. The van der Waals surface area contributed by atoms with Crippen LogP contribution in [0.25, 0.3) is 15.5 Å². The minimum atomic E-state index is -0.251. The number of benzene rings is 3. The molecule has 0 radical (unpaired) electrons. The zero-order valence-electron chi connectivity index (χ0n) is 18.6. The van der Waals surface area contributed by atoms with E-state index in [4.69, 9.17) is 9.47 Å². The van der Waals surface area contributed by atoms with Crippen LogP contribution >= 0.6 is 11.3 Å². The lowest BCUT2D eigenvalue weighted by Crippen LogP contribution is -2.12. The van der Waals surface area contributed by atoms with Gasteiger partial charge in [-0.15, -0.1) is 10.2 Å². The van der Waals surface area contributed by atoms with Gasteiger partial charge in [0.25, 0.3) is 5.91 Å². The van der Waals surface area contributed by atoms with Crippen molar-refractivity contribution in [3.63, 3.8) is 0 Å². The summed E-state index contributed by atoms with van der Waals surface area (Å²) in [5, 5.41) is 16.4. The number of aryl methyl sites for hydroxylation is 1. The Balaban J connectivity index is 1.31. The largest absolute Gasteiger partial charge is 0.495 e. The smallest absolute Gasteiger partial charge is 0.255 e. The van der Waals surface area contributed by atoms with Gasteiger partial charge in [0.1, 0.15) is 23.1 Å². The molecule has 0 bridgehead atoms. The first kappa shape index (κ1) is 21.6. The van der Waals surface area contributed by atoms with Crippen molar-refractivity contribution in [2.45, 2.75) is 13.5 Å².